The van der Waals surface area contributed by atoms with Crippen molar-refractivity contribution in [1.29, 1.82) is 0 Å². The van der Waals surface area contributed by atoms with Crippen molar-refractivity contribution in [2.45, 2.75) is 0 Å². The fourth-order valence-electron chi connectivity index (χ4n) is 0.988. The van der Waals surface area contributed by atoms with E-state index in [-0.39, 0.29) is 5.75 Å². The van der Waals surface area contributed by atoms with Gasteiger partial charge in [-0.15, -0.1) is 0 Å². The molecule has 0 unspecified atom stereocenters. The standard InChI is InChI=1S/C9H10BrN3O3/c1-16-8-3-6(10)5(2-7(8)14)4-12-13-9(11)15/h2-4,14H,1H3,(H3,11,13,15)/b12-4-. The van der Waals surface area contributed by atoms with E-state index in [1.807, 2.05) is 5.43 Å². The molecule has 0 aromatic heterocycles. The number of nitrogens with two attached hydrogens (primary N) is 1. The SMILES string of the molecule is COc1cc(Br)c(/C=N\NC(N)=O)cc1O. The summed E-state index contributed by atoms with van der Waals surface area (Å²) in [6.45, 7) is 0. The molecule has 86 valence electrons. The minimum atomic E-state index is -0.759. The summed E-state index contributed by atoms with van der Waals surface area (Å²) in [6.07, 6.45) is 1.34. The van der Waals surface area contributed by atoms with Gasteiger partial charge in [-0.3, -0.25) is 0 Å². The number of hydrogen-bond acceptors (Lipinski definition) is 4. The molecule has 7 heteroatoms. The molecule has 2 amide bonds. The number of halogens is 1. The topological polar surface area (TPSA) is 96.9 Å². The third-order valence-electron chi connectivity index (χ3n) is 1.68. The maximum atomic E-state index is 10.4. The number of carbonyl (C=O) groups excluding carboxylic acids is 1. The van der Waals surface area contributed by atoms with Gasteiger partial charge in [-0.1, -0.05) is 0 Å². The van der Waals surface area contributed by atoms with Crippen molar-refractivity contribution in [3.05, 3.63) is 22.2 Å². The molecule has 0 saturated heterocycles. The lowest BCUT2D eigenvalue weighted by molar-refractivity contribution is 0.249. The van der Waals surface area contributed by atoms with E-state index in [2.05, 4.69) is 21.0 Å². The summed E-state index contributed by atoms with van der Waals surface area (Å²) in [5, 5.41) is 13.1. The zero-order valence-electron chi connectivity index (χ0n) is 8.40. The fourth-order valence-corrected chi connectivity index (χ4v) is 1.41. The number of benzene rings is 1. The Kier molecular flexibility index (Phi) is 4.12. The molecule has 0 aliphatic carbocycles. The molecule has 0 heterocycles. The molecule has 6 nitrogen and oxygen atoms in total. The minimum absolute atomic E-state index is 0.0220. The number of hydrogen-bond donors (Lipinski definition) is 3. The first-order valence-corrected chi connectivity index (χ1v) is 4.99. The predicted molar refractivity (Wildman–Crippen MR) is 62.7 cm³/mol. The third-order valence-corrected chi connectivity index (χ3v) is 2.36. The molecule has 0 saturated carbocycles. The second-order valence-electron chi connectivity index (χ2n) is 2.78. The van der Waals surface area contributed by atoms with Gasteiger partial charge in [0.15, 0.2) is 11.5 Å². The molecule has 0 spiro atoms. The summed E-state index contributed by atoms with van der Waals surface area (Å²) in [7, 11) is 1.45. The molecular weight excluding hydrogens is 278 g/mol. The number of hydrazone groups is 1. The summed E-state index contributed by atoms with van der Waals surface area (Å²) >= 11 is 3.26. The molecule has 0 aliphatic heterocycles. The van der Waals surface area contributed by atoms with Crippen LogP contribution in [-0.4, -0.2) is 24.5 Å². The highest BCUT2D eigenvalue weighted by molar-refractivity contribution is 9.10. The number of ether oxygens (including phenoxy) is 1. The second kappa shape index (κ2) is 5.36. The molecule has 0 atom stereocenters. The number of nitrogens with one attached hydrogen (secondary N) is 1. The van der Waals surface area contributed by atoms with Crippen molar-refractivity contribution in [1.82, 2.24) is 5.43 Å². The number of methoxy groups -OCH3 is 1. The van der Waals surface area contributed by atoms with Gasteiger partial charge >= 0.3 is 6.03 Å². The molecule has 4 N–H and O–H groups in total. The molecule has 0 bridgehead atoms. The summed E-state index contributed by atoms with van der Waals surface area (Å²) in [6, 6.07) is 2.26. The van der Waals surface area contributed by atoms with Crippen LogP contribution in [0.3, 0.4) is 0 Å². The van der Waals surface area contributed by atoms with Gasteiger partial charge in [0.05, 0.1) is 13.3 Å². The lowest BCUT2D eigenvalue weighted by atomic mass is 10.2. The number of carbonyl (C=O) groups is 1. The summed E-state index contributed by atoms with van der Waals surface area (Å²) in [5.74, 6) is 0.318. The Bertz CT molecular complexity index is 434. The van der Waals surface area contributed by atoms with Gasteiger partial charge in [0.1, 0.15) is 0 Å². The Morgan fingerprint density at radius 1 is 1.69 bits per heavy atom. The lowest BCUT2D eigenvalue weighted by Crippen LogP contribution is -2.24. The highest BCUT2D eigenvalue weighted by atomic mass is 79.9. The number of phenolic OH excluding ortho intramolecular Hbond substituents is 1. The van der Waals surface area contributed by atoms with E-state index in [0.29, 0.717) is 15.8 Å². The average Bonchev–Trinajstić information content (AvgIpc) is 2.22. The normalized spacial score (nSPS) is 10.4. The molecule has 0 aliphatic rings. The number of amides is 2. The van der Waals surface area contributed by atoms with Crippen LogP contribution < -0.4 is 15.9 Å². The van der Waals surface area contributed by atoms with Gasteiger partial charge in [-0.25, -0.2) is 10.2 Å². The van der Waals surface area contributed by atoms with Crippen molar-refractivity contribution >= 4 is 28.2 Å². The second-order valence-corrected chi connectivity index (χ2v) is 3.63. The van der Waals surface area contributed by atoms with Gasteiger partial charge in [0, 0.05) is 10.0 Å². The van der Waals surface area contributed by atoms with E-state index in [4.69, 9.17) is 10.5 Å². The van der Waals surface area contributed by atoms with Crippen molar-refractivity contribution < 1.29 is 14.6 Å². The summed E-state index contributed by atoms with van der Waals surface area (Å²) in [5.41, 5.74) is 7.45. The Morgan fingerprint density at radius 3 is 2.94 bits per heavy atom. The minimum Gasteiger partial charge on any atom is -0.504 e. The van der Waals surface area contributed by atoms with E-state index in [1.54, 1.807) is 6.07 Å². The first kappa shape index (κ1) is 12.3. The first-order valence-electron chi connectivity index (χ1n) is 4.19. The van der Waals surface area contributed by atoms with E-state index in [1.165, 1.54) is 19.4 Å². The molecule has 1 rings (SSSR count). The summed E-state index contributed by atoms with van der Waals surface area (Å²) in [4.78, 5) is 10.4. The maximum absolute atomic E-state index is 10.4. The Morgan fingerprint density at radius 2 is 2.38 bits per heavy atom. The number of primary amides is 1. The molecular formula is C9H10BrN3O3. The Hall–Kier alpha value is -1.76. The Balaban J connectivity index is 2.93. The van der Waals surface area contributed by atoms with Crippen molar-refractivity contribution in [3.63, 3.8) is 0 Å². The Labute approximate surface area is 100 Å². The van der Waals surface area contributed by atoms with Crippen LogP contribution in [0.1, 0.15) is 5.56 Å². The number of rotatable bonds is 3. The molecule has 0 radical (unpaired) electrons. The quantitative estimate of drug-likeness (QED) is 0.575. The first-order chi connectivity index (χ1) is 7.54. The number of nitrogens with zero attached hydrogens (tertiary/aromatic N) is 1. The van der Waals surface area contributed by atoms with Crippen LogP contribution in [0.2, 0.25) is 0 Å². The van der Waals surface area contributed by atoms with Crippen LogP contribution >= 0.6 is 15.9 Å². The van der Waals surface area contributed by atoms with E-state index >= 15 is 0 Å². The van der Waals surface area contributed by atoms with E-state index < -0.39 is 6.03 Å². The van der Waals surface area contributed by atoms with Crippen LogP contribution in [0.5, 0.6) is 11.5 Å². The zero-order chi connectivity index (χ0) is 12.1. The average molecular weight is 288 g/mol. The van der Waals surface area contributed by atoms with Gasteiger partial charge < -0.3 is 15.6 Å². The monoisotopic (exact) mass is 287 g/mol. The molecule has 0 fully saturated rings. The van der Waals surface area contributed by atoms with Gasteiger partial charge in [-0.2, -0.15) is 5.10 Å². The van der Waals surface area contributed by atoms with Crippen LogP contribution in [0.25, 0.3) is 0 Å². The van der Waals surface area contributed by atoms with Gasteiger partial charge in [0.2, 0.25) is 0 Å². The van der Waals surface area contributed by atoms with E-state index in [9.17, 15) is 9.90 Å². The highest BCUT2D eigenvalue weighted by Crippen LogP contribution is 2.31. The van der Waals surface area contributed by atoms with Gasteiger partial charge in [0.25, 0.3) is 0 Å². The van der Waals surface area contributed by atoms with Crippen molar-refractivity contribution in [2.75, 3.05) is 7.11 Å². The van der Waals surface area contributed by atoms with Crippen molar-refractivity contribution in [2.24, 2.45) is 10.8 Å². The lowest BCUT2D eigenvalue weighted by Gasteiger charge is -2.05. The highest BCUT2D eigenvalue weighted by Gasteiger charge is 2.06. The van der Waals surface area contributed by atoms with Gasteiger partial charge in [-0.05, 0) is 28.1 Å². The predicted octanol–water partition coefficient (Wildman–Crippen LogP) is 1.17. The number of urea groups is 1. The van der Waals surface area contributed by atoms with Crippen LogP contribution in [-0.2, 0) is 0 Å². The van der Waals surface area contributed by atoms with Crippen LogP contribution in [0.4, 0.5) is 4.79 Å². The number of aromatic hydroxyl groups is 1. The van der Waals surface area contributed by atoms with Crippen LogP contribution in [0.15, 0.2) is 21.7 Å². The summed E-state index contributed by atoms with van der Waals surface area (Å²) < 4.78 is 5.57. The zero-order valence-corrected chi connectivity index (χ0v) is 9.98. The van der Waals surface area contributed by atoms with Crippen LogP contribution in [0, 0.1) is 0 Å². The fraction of sp³-hybridized carbons (Fsp3) is 0.111. The van der Waals surface area contributed by atoms with E-state index in [0.717, 1.165) is 0 Å². The smallest absolute Gasteiger partial charge is 0.332 e. The molecule has 16 heavy (non-hydrogen) atoms. The molecule has 1 aromatic rings. The van der Waals surface area contributed by atoms with Crippen molar-refractivity contribution in [3.8, 4) is 11.5 Å². The molecule has 1 aromatic carbocycles. The third kappa shape index (κ3) is 3.13. The maximum Gasteiger partial charge on any atom is 0.332 e. The largest absolute Gasteiger partial charge is 0.504 e. The number of phenols is 1.